The maximum Gasteiger partial charge on any atom is 0.223 e. The maximum absolute atomic E-state index is 13.2. The van der Waals surface area contributed by atoms with Crippen molar-refractivity contribution in [1.29, 1.82) is 0 Å². The monoisotopic (exact) mass is 450 g/mol. The van der Waals surface area contributed by atoms with E-state index in [0.29, 0.717) is 18.2 Å². The molecule has 5 nitrogen and oxygen atoms in total. The second-order valence-electron chi connectivity index (χ2n) is 9.62. The fourth-order valence-electron chi connectivity index (χ4n) is 4.38. The van der Waals surface area contributed by atoms with Crippen LogP contribution in [0.2, 0.25) is 0 Å². The minimum atomic E-state index is 0.0637. The maximum atomic E-state index is 13.2. The first kappa shape index (κ1) is 21.7. The quantitative estimate of drug-likeness (QED) is 0.701. The molecule has 1 amide bonds. The first-order valence-corrected chi connectivity index (χ1v) is 11.3. The number of hydrogen-bond acceptors (Lipinski definition) is 4. The van der Waals surface area contributed by atoms with E-state index in [0.717, 1.165) is 62.3 Å². The molecule has 0 aromatic carbocycles. The molecule has 0 N–H and O–H groups in total. The molecule has 0 spiro atoms. The lowest BCUT2D eigenvalue weighted by molar-refractivity contribution is -0.141. The van der Waals surface area contributed by atoms with Gasteiger partial charge >= 0.3 is 0 Å². The SMILES string of the molecule is CN1CCC(CC(=O)N2CCN(Cc3ccc(Br)cn3)C[C@@H]2C(C)(C)C)CC1. The smallest absolute Gasteiger partial charge is 0.223 e. The average molecular weight is 451 g/mol. The summed E-state index contributed by atoms with van der Waals surface area (Å²) in [6, 6.07) is 4.37. The third-order valence-corrected chi connectivity index (χ3v) is 6.73. The van der Waals surface area contributed by atoms with Crippen LogP contribution in [0.1, 0.15) is 45.7 Å². The standard InChI is InChI=1S/C22H35BrN4O/c1-22(2,3)20-16-26(15-19-6-5-18(23)14-24-19)11-12-27(20)21(28)13-17-7-9-25(4)10-8-17/h5-6,14,17,20H,7-13,15-16H2,1-4H3/t20-/m1/s1. The second kappa shape index (κ2) is 9.23. The summed E-state index contributed by atoms with van der Waals surface area (Å²) < 4.78 is 1.01. The van der Waals surface area contributed by atoms with Gasteiger partial charge in [0.2, 0.25) is 5.91 Å². The zero-order valence-corrected chi connectivity index (χ0v) is 19.4. The van der Waals surface area contributed by atoms with Gasteiger partial charge in [-0.1, -0.05) is 20.8 Å². The van der Waals surface area contributed by atoms with Crippen molar-refractivity contribution in [1.82, 2.24) is 19.7 Å². The number of aromatic nitrogens is 1. The van der Waals surface area contributed by atoms with Crippen molar-refractivity contribution in [2.24, 2.45) is 11.3 Å². The van der Waals surface area contributed by atoms with Crippen molar-refractivity contribution in [3.05, 3.63) is 28.5 Å². The number of amides is 1. The minimum Gasteiger partial charge on any atom is -0.337 e. The van der Waals surface area contributed by atoms with E-state index >= 15 is 0 Å². The summed E-state index contributed by atoms with van der Waals surface area (Å²) >= 11 is 3.45. The van der Waals surface area contributed by atoms with Crippen LogP contribution in [-0.2, 0) is 11.3 Å². The number of rotatable bonds is 4. The third kappa shape index (κ3) is 5.77. The molecule has 0 unspecified atom stereocenters. The Morgan fingerprint density at radius 2 is 1.89 bits per heavy atom. The highest BCUT2D eigenvalue weighted by Crippen LogP contribution is 2.30. The normalized spacial score (nSPS) is 23.2. The molecule has 28 heavy (non-hydrogen) atoms. The highest BCUT2D eigenvalue weighted by atomic mass is 79.9. The Balaban J connectivity index is 1.62. The predicted octanol–water partition coefficient (Wildman–Crippen LogP) is 3.63. The lowest BCUT2D eigenvalue weighted by atomic mass is 9.83. The lowest BCUT2D eigenvalue weighted by Gasteiger charge is -2.47. The van der Waals surface area contributed by atoms with Crippen LogP contribution in [0.25, 0.3) is 0 Å². The van der Waals surface area contributed by atoms with Crippen LogP contribution in [0.3, 0.4) is 0 Å². The first-order valence-electron chi connectivity index (χ1n) is 10.5. The van der Waals surface area contributed by atoms with Crippen LogP contribution >= 0.6 is 15.9 Å². The van der Waals surface area contributed by atoms with E-state index in [1.807, 2.05) is 12.3 Å². The Kier molecular flexibility index (Phi) is 7.16. The molecule has 3 heterocycles. The highest BCUT2D eigenvalue weighted by Gasteiger charge is 2.38. The molecule has 0 aliphatic carbocycles. The summed E-state index contributed by atoms with van der Waals surface area (Å²) in [5, 5.41) is 0. The summed E-state index contributed by atoms with van der Waals surface area (Å²) in [4.78, 5) is 24.7. The van der Waals surface area contributed by atoms with E-state index in [-0.39, 0.29) is 11.5 Å². The summed E-state index contributed by atoms with van der Waals surface area (Å²) in [7, 11) is 2.17. The van der Waals surface area contributed by atoms with Crippen LogP contribution in [0, 0.1) is 11.3 Å². The number of piperidine rings is 1. The van der Waals surface area contributed by atoms with E-state index in [2.05, 4.69) is 69.5 Å². The first-order chi connectivity index (χ1) is 13.2. The van der Waals surface area contributed by atoms with E-state index < -0.39 is 0 Å². The molecule has 0 bridgehead atoms. The summed E-state index contributed by atoms with van der Waals surface area (Å²) in [5.41, 5.74) is 1.15. The fraction of sp³-hybridized carbons (Fsp3) is 0.727. The summed E-state index contributed by atoms with van der Waals surface area (Å²) in [6.07, 6.45) is 4.88. The van der Waals surface area contributed by atoms with E-state index in [1.54, 1.807) is 0 Å². The van der Waals surface area contributed by atoms with Gasteiger partial charge in [0.1, 0.15) is 0 Å². The average Bonchev–Trinajstić information content (AvgIpc) is 2.65. The molecular formula is C22H35BrN4O. The Morgan fingerprint density at radius 3 is 2.50 bits per heavy atom. The van der Waals surface area contributed by atoms with E-state index in [4.69, 9.17) is 0 Å². The molecule has 0 saturated carbocycles. The molecule has 0 radical (unpaired) electrons. The molecule has 2 saturated heterocycles. The Bertz CT molecular complexity index is 649. The lowest BCUT2D eigenvalue weighted by Crippen LogP contribution is -2.59. The number of halogens is 1. The molecule has 2 aliphatic rings. The third-order valence-electron chi connectivity index (χ3n) is 6.26. The highest BCUT2D eigenvalue weighted by molar-refractivity contribution is 9.10. The van der Waals surface area contributed by atoms with Gasteiger partial charge in [0.25, 0.3) is 0 Å². The number of likely N-dealkylation sites (tertiary alicyclic amines) is 1. The number of hydrogen-bond donors (Lipinski definition) is 0. The van der Waals surface area contributed by atoms with Crippen molar-refractivity contribution in [2.75, 3.05) is 39.8 Å². The number of carbonyl (C=O) groups is 1. The second-order valence-corrected chi connectivity index (χ2v) is 10.5. The van der Waals surface area contributed by atoms with Gasteiger partial charge in [-0.25, -0.2) is 0 Å². The van der Waals surface area contributed by atoms with Crippen LogP contribution in [0.15, 0.2) is 22.8 Å². The van der Waals surface area contributed by atoms with Crippen molar-refractivity contribution in [3.8, 4) is 0 Å². The molecule has 1 aromatic heterocycles. The predicted molar refractivity (Wildman–Crippen MR) is 117 cm³/mol. The van der Waals surface area contributed by atoms with Crippen LogP contribution in [-0.4, -0.2) is 71.4 Å². The topological polar surface area (TPSA) is 39.7 Å². The van der Waals surface area contributed by atoms with Crippen molar-refractivity contribution in [2.45, 2.75) is 52.6 Å². The zero-order chi connectivity index (χ0) is 20.3. The summed E-state index contributed by atoms with van der Waals surface area (Å²) in [5.74, 6) is 0.908. The molecule has 1 aromatic rings. The van der Waals surface area contributed by atoms with Gasteiger partial charge in [0.15, 0.2) is 0 Å². The van der Waals surface area contributed by atoms with Crippen molar-refractivity contribution < 1.29 is 4.79 Å². The zero-order valence-electron chi connectivity index (χ0n) is 17.8. The van der Waals surface area contributed by atoms with Gasteiger partial charge in [0.05, 0.1) is 5.69 Å². The molecule has 6 heteroatoms. The van der Waals surface area contributed by atoms with E-state index in [1.165, 1.54) is 0 Å². The Labute approximate surface area is 178 Å². The van der Waals surface area contributed by atoms with Crippen LogP contribution in [0.4, 0.5) is 0 Å². The minimum absolute atomic E-state index is 0.0637. The number of carbonyl (C=O) groups excluding carboxylic acids is 1. The van der Waals surface area contributed by atoms with Gasteiger partial charge in [-0.2, -0.15) is 0 Å². The van der Waals surface area contributed by atoms with Crippen molar-refractivity contribution >= 4 is 21.8 Å². The molecule has 1 atom stereocenters. The molecular weight excluding hydrogens is 416 g/mol. The Morgan fingerprint density at radius 1 is 1.18 bits per heavy atom. The molecule has 2 fully saturated rings. The number of piperazine rings is 1. The van der Waals surface area contributed by atoms with E-state index in [9.17, 15) is 4.79 Å². The van der Waals surface area contributed by atoms with Gasteiger partial charge in [-0.15, -0.1) is 0 Å². The van der Waals surface area contributed by atoms with Crippen molar-refractivity contribution in [3.63, 3.8) is 0 Å². The van der Waals surface area contributed by atoms with Crippen LogP contribution < -0.4 is 0 Å². The van der Waals surface area contributed by atoms with Gasteiger partial charge in [-0.05, 0) is 72.4 Å². The van der Waals surface area contributed by atoms with Gasteiger partial charge in [0, 0.05) is 49.3 Å². The largest absolute Gasteiger partial charge is 0.337 e. The van der Waals surface area contributed by atoms with Gasteiger partial charge in [-0.3, -0.25) is 14.7 Å². The van der Waals surface area contributed by atoms with Gasteiger partial charge < -0.3 is 9.80 Å². The number of pyridine rings is 1. The fourth-order valence-corrected chi connectivity index (χ4v) is 4.62. The van der Waals surface area contributed by atoms with Crippen LogP contribution in [0.5, 0.6) is 0 Å². The molecule has 3 rings (SSSR count). The summed E-state index contributed by atoms with van der Waals surface area (Å²) in [6.45, 7) is 12.5. The molecule has 2 aliphatic heterocycles. The number of nitrogens with zero attached hydrogens (tertiary/aromatic N) is 4. The molecule has 156 valence electrons. The Hall–Kier alpha value is -0.980.